The van der Waals surface area contributed by atoms with Crippen molar-refractivity contribution in [1.82, 2.24) is 10.2 Å². The van der Waals surface area contributed by atoms with Gasteiger partial charge >= 0.3 is 6.09 Å². The van der Waals surface area contributed by atoms with Crippen molar-refractivity contribution in [2.24, 2.45) is 5.92 Å². The Morgan fingerprint density at radius 2 is 2.05 bits per heavy atom. The smallest absolute Gasteiger partial charge is 0.410 e. The van der Waals surface area contributed by atoms with Crippen molar-refractivity contribution in [2.75, 3.05) is 19.7 Å². The Kier molecular flexibility index (Phi) is 3.92. The molecule has 1 aromatic rings. The average molecular weight is 274 g/mol. The molecule has 2 aliphatic rings. The van der Waals surface area contributed by atoms with Gasteiger partial charge in [0.25, 0.3) is 0 Å². The lowest BCUT2D eigenvalue weighted by Crippen LogP contribution is -2.43. The lowest BCUT2D eigenvalue weighted by molar-refractivity contribution is 0.151. The molecule has 1 amide bonds. The molecule has 4 heteroatoms. The Bertz CT molecular complexity index is 483. The Balaban J connectivity index is 1.75. The first-order valence-electron chi connectivity index (χ1n) is 7.44. The zero-order valence-corrected chi connectivity index (χ0v) is 12.0. The number of rotatable bonds is 3. The molecule has 3 rings (SSSR count). The lowest BCUT2D eigenvalue weighted by Gasteiger charge is -2.32. The number of hydrogen-bond acceptors (Lipinski definition) is 3. The minimum Gasteiger partial charge on any atom is -0.447 e. The molecule has 0 bridgehead atoms. The number of benzene rings is 1. The van der Waals surface area contributed by atoms with Crippen molar-refractivity contribution in [3.05, 3.63) is 35.4 Å². The van der Waals surface area contributed by atoms with Crippen LogP contribution in [-0.2, 0) is 11.3 Å². The molecule has 2 heterocycles. The van der Waals surface area contributed by atoms with Gasteiger partial charge in [0.05, 0.1) is 6.04 Å². The molecule has 0 aromatic heterocycles. The number of piperidine rings is 1. The predicted molar refractivity (Wildman–Crippen MR) is 77.5 cm³/mol. The summed E-state index contributed by atoms with van der Waals surface area (Å²) in [5, 5.41) is 3.38. The van der Waals surface area contributed by atoms with Crippen LogP contribution in [0, 0.1) is 12.8 Å². The molecule has 2 fully saturated rings. The van der Waals surface area contributed by atoms with Crippen molar-refractivity contribution in [3.63, 3.8) is 0 Å². The zero-order valence-electron chi connectivity index (χ0n) is 12.0. The van der Waals surface area contributed by atoms with Crippen LogP contribution >= 0.6 is 0 Å². The third-order valence-electron chi connectivity index (χ3n) is 4.54. The van der Waals surface area contributed by atoms with E-state index in [-0.39, 0.29) is 12.1 Å². The Labute approximate surface area is 120 Å². The fraction of sp³-hybridized carbons (Fsp3) is 0.562. The van der Waals surface area contributed by atoms with Gasteiger partial charge in [0, 0.05) is 6.54 Å². The second-order valence-corrected chi connectivity index (χ2v) is 5.79. The van der Waals surface area contributed by atoms with Gasteiger partial charge in [0.1, 0.15) is 6.61 Å². The molecule has 1 N–H and O–H groups in total. The lowest BCUT2D eigenvalue weighted by atomic mass is 9.90. The van der Waals surface area contributed by atoms with Gasteiger partial charge in [0.15, 0.2) is 0 Å². The zero-order chi connectivity index (χ0) is 13.9. The Morgan fingerprint density at radius 1 is 1.30 bits per heavy atom. The van der Waals surface area contributed by atoms with Crippen LogP contribution in [0.2, 0.25) is 0 Å². The maximum atomic E-state index is 12.0. The predicted octanol–water partition coefficient (Wildman–Crippen LogP) is 2.32. The van der Waals surface area contributed by atoms with Gasteiger partial charge in [-0.1, -0.05) is 24.3 Å². The van der Waals surface area contributed by atoms with E-state index in [2.05, 4.69) is 24.4 Å². The molecule has 2 aliphatic heterocycles. The summed E-state index contributed by atoms with van der Waals surface area (Å²) >= 11 is 0. The van der Waals surface area contributed by atoms with E-state index in [0.29, 0.717) is 19.1 Å². The highest BCUT2D eigenvalue weighted by Crippen LogP contribution is 2.28. The van der Waals surface area contributed by atoms with Crippen LogP contribution in [0.3, 0.4) is 0 Å². The molecule has 108 valence electrons. The highest BCUT2D eigenvalue weighted by molar-refractivity contribution is 5.70. The molecule has 0 aliphatic carbocycles. The van der Waals surface area contributed by atoms with Crippen molar-refractivity contribution in [2.45, 2.75) is 32.4 Å². The van der Waals surface area contributed by atoms with Crippen LogP contribution in [-0.4, -0.2) is 36.7 Å². The second kappa shape index (κ2) is 5.83. The Morgan fingerprint density at radius 3 is 2.80 bits per heavy atom. The monoisotopic (exact) mass is 274 g/mol. The van der Waals surface area contributed by atoms with Gasteiger partial charge < -0.3 is 10.1 Å². The summed E-state index contributed by atoms with van der Waals surface area (Å²) in [5.74, 6) is 0.562. The van der Waals surface area contributed by atoms with E-state index < -0.39 is 0 Å². The molecule has 0 spiro atoms. The number of amides is 1. The van der Waals surface area contributed by atoms with Gasteiger partial charge in [-0.05, 0) is 49.9 Å². The van der Waals surface area contributed by atoms with Crippen LogP contribution in [0.4, 0.5) is 4.79 Å². The van der Waals surface area contributed by atoms with E-state index in [1.807, 2.05) is 17.0 Å². The van der Waals surface area contributed by atoms with Crippen LogP contribution in [0.5, 0.6) is 0 Å². The maximum Gasteiger partial charge on any atom is 0.410 e. The molecule has 0 saturated carbocycles. The van der Waals surface area contributed by atoms with Crippen LogP contribution in [0.25, 0.3) is 0 Å². The number of aryl methyl sites for hydroxylation is 1. The first kappa shape index (κ1) is 13.4. The van der Waals surface area contributed by atoms with Gasteiger partial charge in [0.2, 0.25) is 0 Å². The summed E-state index contributed by atoms with van der Waals surface area (Å²) < 4.78 is 5.31. The molecule has 1 atom stereocenters. The van der Waals surface area contributed by atoms with Gasteiger partial charge in [-0.15, -0.1) is 0 Å². The molecule has 0 radical (unpaired) electrons. The average Bonchev–Trinajstić information content (AvgIpc) is 2.84. The van der Waals surface area contributed by atoms with E-state index in [4.69, 9.17) is 4.74 Å². The largest absolute Gasteiger partial charge is 0.447 e. The van der Waals surface area contributed by atoms with Crippen LogP contribution in [0.15, 0.2) is 24.3 Å². The Hall–Kier alpha value is -1.55. The van der Waals surface area contributed by atoms with Crippen molar-refractivity contribution in [1.29, 1.82) is 0 Å². The van der Waals surface area contributed by atoms with E-state index >= 15 is 0 Å². The van der Waals surface area contributed by atoms with Crippen LogP contribution in [0.1, 0.15) is 24.0 Å². The highest BCUT2D eigenvalue weighted by atomic mass is 16.6. The number of carbonyl (C=O) groups excluding carboxylic acids is 1. The van der Waals surface area contributed by atoms with Crippen molar-refractivity contribution < 1.29 is 9.53 Å². The first-order valence-corrected chi connectivity index (χ1v) is 7.44. The van der Waals surface area contributed by atoms with Gasteiger partial charge in [-0.2, -0.15) is 0 Å². The summed E-state index contributed by atoms with van der Waals surface area (Å²) in [6.45, 7) is 5.41. The minimum atomic E-state index is -0.156. The number of nitrogens with zero attached hydrogens (tertiary/aromatic N) is 1. The number of hydrogen-bond donors (Lipinski definition) is 1. The summed E-state index contributed by atoms with van der Waals surface area (Å²) in [4.78, 5) is 14.0. The maximum absolute atomic E-state index is 12.0. The number of ether oxygens (including phenoxy) is 1. The van der Waals surface area contributed by atoms with Crippen LogP contribution < -0.4 is 5.32 Å². The quantitative estimate of drug-likeness (QED) is 0.919. The van der Waals surface area contributed by atoms with Gasteiger partial charge in [-0.25, -0.2) is 4.79 Å². The summed E-state index contributed by atoms with van der Waals surface area (Å²) in [7, 11) is 0. The summed E-state index contributed by atoms with van der Waals surface area (Å²) in [5.41, 5.74) is 2.45. The number of carbonyl (C=O) groups is 1. The second-order valence-electron chi connectivity index (χ2n) is 5.79. The molecule has 4 nitrogen and oxygen atoms in total. The number of nitrogens with one attached hydrogen (secondary N) is 1. The summed E-state index contributed by atoms with van der Waals surface area (Å²) in [6, 6.07) is 8.50. The highest BCUT2D eigenvalue weighted by Gasteiger charge is 2.38. The van der Waals surface area contributed by atoms with E-state index in [0.717, 1.165) is 25.9 Å². The molecule has 2 saturated heterocycles. The molecular formula is C16H22N2O2. The SMILES string of the molecule is Cc1ccccc1CN1C(=O)OCC1C1CCNCC1. The molecule has 20 heavy (non-hydrogen) atoms. The molecule has 1 aromatic carbocycles. The number of cyclic esters (lactones) is 1. The van der Waals surface area contributed by atoms with Crippen molar-refractivity contribution >= 4 is 6.09 Å². The molecular weight excluding hydrogens is 252 g/mol. The first-order chi connectivity index (χ1) is 9.75. The fourth-order valence-corrected chi connectivity index (χ4v) is 3.24. The standard InChI is InChI=1S/C16H22N2O2/c1-12-4-2-3-5-14(12)10-18-15(11-20-16(18)19)13-6-8-17-9-7-13/h2-5,13,15,17H,6-11H2,1H3. The minimum absolute atomic E-state index is 0.156. The fourth-order valence-electron chi connectivity index (χ4n) is 3.24. The molecule has 1 unspecified atom stereocenters. The van der Waals surface area contributed by atoms with E-state index in [1.165, 1.54) is 11.1 Å². The topological polar surface area (TPSA) is 41.6 Å². The van der Waals surface area contributed by atoms with Gasteiger partial charge in [-0.3, -0.25) is 4.90 Å². The third kappa shape index (κ3) is 2.66. The normalized spacial score (nSPS) is 23.9. The van der Waals surface area contributed by atoms with Crippen molar-refractivity contribution in [3.8, 4) is 0 Å². The van der Waals surface area contributed by atoms with E-state index in [9.17, 15) is 4.79 Å². The summed E-state index contributed by atoms with van der Waals surface area (Å²) in [6.07, 6.45) is 2.11. The van der Waals surface area contributed by atoms with E-state index in [1.54, 1.807) is 0 Å². The third-order valence-corrected chi connectivity index (χ3v) is 4.54.